The summed E-state index contributed by atoms with van der Waals surface area (Å²) in [6.07, 6.45) is 2.44. The van der Waals surface area contributed by atoms with Crippen LogP contribution in [0.2, 0.25) is 0 Å². The van der Waals surface area contributed by atoms with E-state index in [1.165, 1.54) is 25.9 Å². The van der Waals surface area contributed by atoms with Crippen LogP contribution in [0.15, 0.2) is 0 Å². The van der Waals surface area contributed by atoms with Crippen molar-refractivity contribution in [2.24, 2.45) is 0 Å². The second-order valence-corrected chi connectivity index (χ2v) is 3.45. The highest BCUT2D eigenvalue weighted by Crippen LogP contribution is 1.93. The molecule has 0 aromatic rings. The van der Waals surface area contributed by atoms with Gasteiger partial charge in [0.2, 0.25) is 0 Å². The van der Waals surface area contributed by atoms with E-state index in [1.54, 1.807) is 7.11 Å². The molecule has 3 heteroatoms. The lowest BCUT2D eigenvalue weighted by Gasteiger charge is -2.20. The molecule has 0 saturated heterocycles. The largest absolute Gasteiger partial charge is 0.382 e. The summed E-state index contributed by atoms with van der Waals surface area (Å²) in [6.45, 7) is 10.1. The zero-order valence-electron chi connectivity index (χ0n) is 9.92. The average Bonchev–Trinajstić information content (AvgIpc) is 2.18. The number of methoxy groups -OCH3 is 1. The van der Waals surface area contributed by atoms with Crippen LogP contribution in [0, 0.1) is 0 Å². The Morgan fingerprint density at radius 2 is 1.50 bits per heavy atom. The molecule has 0 atom stereocenters. The fourth-order valence-electron chi connectivity index (χ4n) is 1.41. The maximum Gasteiger partial charge on any atom is 0.0700 e. The van der Waals surface area contributed by atoms with E-state index in [0.717, 1.165) is 13.2 Å². The molecule has 86 valence electrons. The van der Waals surface area contributed by atoms with Gasteiger partial charge in [-0.15, -0.1) is 0 Å². The third kappa shape index (κ3) is 8.48. The SMILES string of the molecule is CCCN(CCC)CCOCCOC. The summed E-state index contributed by atoms with van der Waals surface area (Å²) in [4.78, 5) is 2.45. The first-order valence-electron chi connectivity index (χ1n) is 5.64. The number of hydrogen-bond acceptors (Lipinski definition) is 3. The minimum absolute atomic E-state index is 0.696. The molecule has 0 aliphatic carbocycles. The highest BCUT2D eigenvalue weighted by atomic mass is 16.5. The van der Waals surface area contributed by atoms with Gasteiger partial charge >= 0.3 is 0 Å². The van der Waals surface area contributed by atoms with E-state index in [-0.39, 0.29) is 0 Å². The smallest absolute Gasteiger partial charge is 0.0700 e. The Hall–Kier alpha value is -0.120. The molecule has 0 aliphatic rings. The highest BCUT2D eigenvalue weighted by molar-refractivity contribution is 4.54. The number of hydrogen-bond donors (Lipinski definition) is 0. The normalized spacial score (nSPS) is 11.1. The van der Waals surface area contributed by atoms with Crippen molar-refractivity contribution in [3.8, 4) is 0 Å². The first-order chi connectivity index (χ1) is 6.85. The molecule has 0 N–H and O–H groups in total. The average molecular weight is 203 g/mol. The summed E-state index contributed by atoms with van der Waals surface area (Å²) in [7, 11) is 1.70. The van der Waals surface area contributed by atoms with Gasteiger partial charge in [-0.05, 0) is 25.9 Å². The Balaban J connectivity index is 3.30. The molecule has 0 bridgehead atoms. The van der Waals surface area contributed by atoms with Crippen LogP contribution in [0.25, 0.3) is 0 Å². The Labute approximate surface area is 88.4 Å². The molecule has 14 heavy (non-hydrogen) atoms. The molecular weight excluding hydrogens is 178 g/mol. The molecule has 0 aromatic carbocycles. The third-order valence-corrected chi connectivity index (χ3v) is 2.06. The van der Waals surface area contributed by atoms with Gasteiger partial charge in [-0.1, -0.05) is 13.8 Å². The van der Waals surface area contributed by atoms with Crippen LogP contribution in [-0.2, 0) is 9.47 Å². The summed E-state index contributed by atoms with van der Waals surface area (Å²) in [5, 5.41) is 0. The predicted molar refractivity (Wildman–Crippen MR) is 59.7 cm³/mol. The standard InChI is InChI=1S/C11H25NO2/c1-4-6-12(7-5-2)8-9-14-11-10-13-3/h4-11H2,1-3H3. The lowest BCUT2D eigenvalue weighted by Crippen LogP contribution is -2.29. The van der Waals surface area contributed by atoms with Crippen LogP contribution in [0.1, 0.15) is 26.7 Å². The molecule has 0 heterocycles. The van der Waals surface area contributed by atoms with Gasteiger partial charge < -0.3 is 14.4 Å². The van der Waals surface area contributed by atoms with E-state index in [4.69, 9.17) is 9.47 Å². The first-order valence-corrected chi connectivity index (χ1v) is 5.64. The van der Waals surface area contributed by atoms with Crippen molar-refractivity contribution in [1.29, 1.82) is 0 Å². The minimum Gasteiger partial charge on any atom is -0.382 e. The van der Waals surface area contributed by atoms with Gasteiger partial charge in [0.15, 0.2) is 0 Å². The van der Waals surface area contributed by atoms with Crippen LogP contribution < -0.4 is 0 Å². The molecule has 0 rings (SSSR count). The Kier molecular flexibility index (Phi) is 10.9. The minimum atomic E-state index is 0.696. The van der Waals surface area contributed by atoms with E-state index >= 15 is 0 Å². The van der Waals surface area contributed by atoms with Crippen LogP contribution in [-0.4, -0.2) is 51.5 Å². The lowest BCUT2D eigenvalue weighted by atomic mass is 10.3. The van der Waals surface area contributed by atoms with E-state index in [0.29, 0.717) is 13.2 Å². The summed E-state index contributed by atoms with van der Waals surface area (Å²) >= 11 is 0. The molecule has 0 fully saturated rings. The van der Waals surface area contributed by atoms with Crippen molar-refractivity contribution >= 4 is 0 Å². The Morgan fingerprint density at radius 3 is 2.00 bits per heavy atom. The molecule has 0 spiro atoms. The second-order valence-electron chi connectivity index (χ2n) is 3.45. The van der Waals surface area contributed by atoms with Crippen molar-refractivity contribution in [3.63, 3.8) is 0 Å². The summed E-state index contributed by atoms with van der Waals surface area (Å²) in [6, 6.07) is 0. The topological polar surface area (TPSA) is 21.7 Å². The van der Waals surface area contributed by atoms with Crippen LogP contribution in [0.5, 0.6) is 0 Å². The fourth-order valence-corrected chi connectivity index (χ4v) is 1.41. The number of ether oxygens (including phenoxy) is 2. The molecular formula is C11H25NO2. The van der Waals surface area contributed by atoms with Gasteiger partial charge in [-0.25, -0.2) is 0 Å². The van der Waals surface area contributed by atoms with Gasteiger partial charge in [-0.2, -0.15) is 0 Å². The fraction of sp³-hybridized carbons (Fsp3) is 1.00. The van der Waals surface area contributed by atoms with E-state index in [1.807, 2.05) is 0 Å². The van der Waals surface area contributed by atoms with Crippen molar-refractivity contribution in [3.05, 3.63) is 0 Å². The van der Waals surface area contributed by atoms with Crippen LogP contribution in [0.4, 0.5) is 0 Å². The molecule has 0 aromatic heterocycles. The quantitative estimate of drug-likeness (QED) is 0.505. The lowest BCUT2D eigenvalue weighted by molar-refractivity contribution is 0.0571. The summed E-state index contributed by atoms with van der Waals surface area (Å²) in [5.41, 5.74) is 0. The van der Waals surface area contributed by atoms with E-state index in [2.05, 4.69) is 18.7 Å². The first kappa shape index (κ1) is 13.9. The zero-order chi connectivity index (χ0) is 10.6. The highest BCUT2D eigenvalue weighted by Gasteiger charge is 2.01. The van der Waals surface area contributed by atoms with Crippen molar-refractivity contribution in [2.75, 3.05) is 46.6 Å². The maximum absolute atomic E-state index is 5.43. The monoisotopic (exact) mass is 203 g/mol. The van der Waals surface area contributed by atoms with E-state index < -0.39 is 0 Å². The number of nitrogens with zero attached hydrogens (tertiary/aromatic N) is 1. The van der Waals surface area contributed by atoms with Gasteiger partial charge in [0.1, 0.15) is 0 Å². The molecule has 0 saturated carbocycles. The third-order valence-electron chi connectivity index (χ3n) is 2.06. The molecule has 3 nitrogen and oxygen atoms in total. The van der Waals surface area contributed by atoms with Crippen LogP contribution in [0.3, 0.4) is 0 Å². The predicted octanol–water partition coefficient (Wildman–Crippen LogP) is 1.77. The van der Waals surface area contributed by atoms with Crippen molar-refractivity contribution in [2.45, 2.75) is 26.7 Å². The zero-order valence-corrected chi connectivity index (χ0v) is 9.92. The summed E-state index contributed by atoms with van der Waals surface area (Å²) < 4.78 is 10.3. The Bertz CT molecular complexity index is 103. The number of rotatable bonds is 10. The summed E-state index contributed by atoms with van der Waals surface area (Å²) in [5.74, 6) is 0. The van der Waals surface area contributed by atoms with Gasteiger partial charge in [-0.3, -0.25) is 0 Å². The maximum atomic E-state index is 5.43. The van der Waals surface area contributed by atoms with Gasteiger partial charge in [0.05, 0.1) is 19.8 Å². The van der Waals surface area contributed by atoms with Gasteiger partial charge in [0.25, 0.3) is 0 Å². The molecule has 0 amide bonds. The van der Waals surface area contributed by atoms with Crippen LogP contribution >= 0.6 is 0 Å². The molecule has 0 radical (unpaired) electrons. The second kappa shape index (κ2) is 11.0. The van der Waals surface area contributed by atoms with E-state index in [9.17, 15) is 0 Å². The molecule has 0 aliphatic heterocycles. The van der Waals surface area contributed by atoms with Gasteiger partial charge in [0, 0.05) is 13.7 Å². The molecule has 0 unspecified atom stereocenters. The Morgan fingerprint density at radius 1 is 0.857 bits per heavy atom. The van der Waals surface area contributed by atoms with Crippen molar-refractivity contribution < 1.29 is 9.47 Å². The van der Waals surface area contributed by atoms with Crippen molar-refractivity contribution in [1.82, 2.24) is 4.90 Å².